The van der Waals surface area contributed by atoms with Gasteiger partial charge in [0.25, 0.3) is 0 Å². The van der Waals surface area contributed by atoms with Gasteiger partial charge in [-0.3, -0.25) is 14.6 Å². The van der Waals surface area contributed by atoms with E-state index in [1.807, 2.05) is 20.8 Å². The number of carbonyl (C=O) groups is 1. The van der Waals surface area contributed by atoms with Crippen molar-refractivity contribution in [3.05, 3.63) is 0 Å². The van der Waals surface area contributed by atoms with E-state index in [9.17, 15) is 4.79 Å². The smallest absolute Gasteiger partial charge is 0.320 e. The third-order valence-corrected chi connectivity index (χ3v) is 3.38. The molecule has 1 atom stereocenters. The molecule has 1 aliphatic heterocycles. The Morgan fingerprint density at radius 1 is 1.28 bits per heavy atom. The molecule has 0 radical (unpaired) electrons. The molecule has 0 spiro atoms. The van der Waals surface area contributed by atoms with Crippen LogP contribution in [-0.4, -0.2) is 72.4 Å². The van der Waals surface area contributed by atoms with Gasteiger partial charge in [-0.15, -0.1) is 0 Å². The zero-order chi connectivity index (χ0) is 13.5. The Kier molecular flexibility index (Phi) is 6.60. The zero-order valence-corrected chi connectivity index (χ0v) is 11.8. The minimum atomic E-state index is -0.700. The topological polar surface area (TPSA) is 53.0 Å². The quantitative estimate of drug-likeness (QED) is 0.735. The summed E-state index contributed by atoms with van der Waals surface area (Å²) >= 11 is 0. The molecule has 1 N–H and O–H groups in total. The number of carboxylic acids is 1. The molecule has 0 aromatic rings. The van der Waals surface area contributed by atoms with Gasteiger partial charge in [-0.25, -0.2) is 0 Å². The molecule has 0 aliphatic carbocycles. The second kappa shape index (κ2) is 7.71. The first-order valence-corrected chi connectivity index (χ1v) is 6.85. The molecule has 5 heteroatoms. The van der Waals surface area contributed by atoms with Crippen LogP contribution in [0.2, 0.25) is 0 Å². The van der Waals surface area contributed by atoms with E-state index in [1.165, 1.54) is 0 Å². The second-order valence-electron chi connectivity index (χ2n) is 5.06. The van der Waals surface area contributed by atoms with Crippen molar-refractivity contribution >= 4 is 5.97 Å². The number of nitrogens with zero attached hydrogens (tertiary/aromatic N) is 2. The number of hydrogen-bond acceptors (Lipinski definition) is 4. The lowest BCUT2D eigenvalue weighted by Crippen LogP contribution is -2.53. The number of carboxylic acid groups (broad SMARTS) is 1. The summed E-state index contributed by atoms with van der Waals surface area (Å²) in [6.07, 6.45) is 0.953. The van der Waals surface area contributed by atoms with Crippen LogP contribution in [-0.2, 0) is 9.53 Å². The van der Waals surface area contributed by atoms with Crippen molar-refractivity contribution in [2.45, 2.75) is 39.3 Å². The Hall–Kier alpha value is -0.650. The molecular formula is C13H26N2O3. The monoisotopic (exact) mass is 258 g/mol. The SMILES string of the molecule is CCC(C(=O)O)N1CCN(CCOC(C)C)CC1. The van der Waals surface area contributed by atoms with Gasteiger partial charge in [0.1, 0.15) is 6.04 Å². The van der Waals surface area contributed by atoms with E-state index in [0.717, 1.165) is 39.3 Å². The lowest BCUT2D eigenvalue weighted by Gasteiger charge is -2.37. The fourth-order valence-electron chi connectivity index (χ4n) is 2.31. The third kappa shape index (κ3) is 4.92. The van der Waals surface area contributed by atoms with E-state index in [-0.39, 0.29) is 12.1 Å². The van der Waals surface area contributed by atoms with E-state index in [0.29, 0.717) is 6.42 Å². The van der Waals surface area contributed by atoms with Gasteiger partial charge in [-0.2, -0.15) is 0 Å². The number of rotatable bonds is 7. The molecule has 106 valence electrons. The first kappa shape index (κ1) is 15.4. The maximum absolute atomic E-state index is 11.1. The maximum Gasteiger partial charge on any atom is 0.320 e. The zero-order valence-electron chi connectivity index (χ0n) is 11.8. The molecule has 1 heterocycles. The Morgan fingerprint density at radius 2 is 1.89 bits per heavy atom. The van der Waals surface area contributed by atoms with Gasteiger partial charge in [0, 0.05) is 32.7 Å². The molecule has 1 unspecified atom stereocenters. The Bertz CT molecular complexity index is 251. The van der Waals surface area contributed by atoms with Crippen molar-refractivity contribution in [3.63, 3.8) is 0 Å². The minimum absolute atomic E-state index is 0.280. The normalized spacial score (nSPS) is 20.2. The predicted molar refractivity (Wildman–Crippen MR) is 70.8 cm³/mol. The Labute approximate surface area is 110 Å². The average Bonchev–Trinajstić information content (AvgIpc) is 2.31. The van der Waals surface area contributed by atoms with Crippen LogP contribution in [0.3, 0.4) is 0 Å². The molecule has 0 amide bonds. The Balaban J connectivity index is 2.25. The van der Waals surface area contributed by atoms with E-state index < -0.39 is 5.97 Å². The van der Waals surface area contributed by atoms with E-state index in [2.05, 4.69) is 9.80 Å². The molecular weight excluding hydrogens is 232 g/mol. The first-order valence-electron chi connectivity index (χ1n) is 6.85. The van der Waals surface area contributed by atoms with Gasteiger partial charge in [-0.05, 0) is 20.3 Å². The Morgan fingerprint density at radius 3 is 2.33 bits per heavy atom. The lowest BCUT2D eigenvalue weighted by molar-refractivity contribution is -0.144. The summed E-state index contributed by atoms with van der Waals surface area (Å²) in [5.41, 5.74) is 0. The maximum atomic E-state index is 11.1. The molecule has 0 bridgehead atoms. The van der Waals surface area contributed by atoms with Crippen LogP contribution in [0.5, 0.6) is 0 Å². The van der Waals surface area contributed by atoms with Crippen LogP contribution in [0.15, 0.2) is 0 Å². The summed E-state index contributed by atoms with van der Waals surface area (Å²) in [6, 6.07) is -0.320. The standard InChI is InChI=1S/C13H26N2O3/c1-4-12(13(16)17)15-7-5-14(6-8-15)9-10-18-11(2)3/h11-12H,4-10H2,1-3H3,(H,16,17). The first-order chi connectivity index (χ1) is 8.54. The van der Waals surface area contributed by atoms with Crippen LogP contribution >= 0.6 is 0 Å². The highest BCUT2D eigenvalue weighted by Gasteiger charge is 2.27. The number of ether oxygens (including phenoxy) is 1. The van der Waals surface area contributed by atoms with E-state index in [1.54, 1.807) is 0 Å². The van der Waals surface area contributed by atoms with Crippen LogP contribution in [0.25, 0.3) is 0 Å². The van der Waals surface area contributed by atoms with E-state index >= 15 is 0 Å². The molecule has 5 nitrogen and oxygen atoms in total. The number of piperazine rings is 1. The van der Waals surface area contributed by atoms with E-state index in [4.69, 9.17) is 9.84 Å². The fraction of sp³-hybridized carbons (Fsp3) is 0.923. The van der Waals surface area contributed by atoms with Gasteiger partial charge in [0.2, 0.25) is 0 Å². The fourth-order valence-corrected chi connectivity index (χ4v) is 2.31. The third-order valence-electron chi connectivity index (χ3n) is 3.38. The predicted octanol–water partition coefficient (Wildman–Crippen LogP) is 0.892. The largest absolute Gasteiger partial charge is 0.480 e. The summed E-state index contributed by atoms with van der Waals surface area (Å²) in [5.74, 6) is -0.700. The number of aliphatic carboxylic acids is 1. The molecule has 1 aliphatic rings. The van der Waals surface area contributed by atoms with Crippen molar-refractivity contribution in [2.24, 2.45) is 0 Å². The van der Waals surface area contributed by atoms with Gasteiger partial charge < -0.3 is 9.84 Å². The molecule has 1 saturated heterocycles. The highest BCUT2D eigenvalue weighted by molar-refractivity contribution is 5.73. The van der Waals surface area contributed by atoms with Crippen LogP contribution in [0.1, 0.15) is 27.2 Å². The van der Waals surface area contributed by atoms with Gasteiger partial charge in [0.05, 0.1) is 12.7 Å². The van der Waals surface area contributed by atoms with Gasteiger partial charge in [-0.1, -0.05) is 6.92 Å². The highest BCUT2D eigenvalue weighted by atomic mass is 16.5. The molecule has 0 aromatic carbocycles. The highest BCUT2D eigenvalue weighted by Crippen LogP contribution is 2.09. The summed E-state index contributed by atoms with van der Waals surface area (Å²) in [4.78, 5) is 15.5. The molecule has 1 fully saturated rings. The van der Waals surface area contributed by atoms with Gasteiger partial charge >= 0.3 is 5.97 Å². The van der Waals surface area contributed by atoms with Crippen LogP contribution in [0, 0.1) is 0 Å². The summed E-state index contributed by atoms with van der Waals surface area (Å²) < 4.78 is 5.53. The molecule has 0 aromatic heterocycles. The summed E-state index contributed by atoms with van der Waals surface area (Å²) in [5, 5.41) is 9.12. The van der Waals surface area contributed by atoms with Crippen molar-refractivity contribution in [2.75, 3.05) is 39.3 Å². The van der Waals surface area contributed by atoms with Crippen molar-refractivity contribution in [1.29, 1.82) is 0 Å². The van der Waals surface area contributed by atoms with Crippen molar-refractivity contribution in [3.8, 4) is 0 Å². The molecule has 1 rings (SSSR count). The van der Waals surface area contributed by atoms with Crippen LogP contribution < -0.4 is 0 Å². The van der Waals surface area contributed by atoms with Crippen molar-refractivity contribution in [1.82, 2.24) is 9.80 Å². The minimum Gasteiger partial charge on any atom is -0.480 e. The summed E-state index contributed by atoms with van der Waals surface area (Å²) in [6.45, 7) is 11.3. The van der Waals surface area contributed by atoms with Gasteiger partial charge in [0.15, 0.2) is 0 Å². The lowest BCUT2D eigenvalue weighted by atomic mass is 10.1. The van der Waals surface area contributed by atoms with Crippen LogP contribution in [0.4, 0.5) is 0 Å². The molecule has 18 heavy (non-hydrogen) atoms. The van der Waals surface area contributed by atoms with Crippen molar-refractivity contribution < 1.29 is 14.6 Å². The number of hydrogen-bond donors (Lipinski definition) is 1. The second-order valence-corrected chi connectivity index (χ2v) is 5.06. The molecule has 0 saturated carbocycles. The summed E-state index contributed by atoms with van der Waals surface area (Å²) in [7, 11) is 0. The average molecular weight is 258 g/mol.